The number of nitrogens with two attached hydrogens (primary N) is 1. The molecule has 84 valence electrons. The number of hydrogen-bond acceptors (Lipinski definition) is 1. The van der Waals surface area contributed by atoms with Crippen LogP contribution in [0.15, 0.2) is 18.2 Å². The molecule has 1 nitrogen and oxygen atoms in total. The van der Waals surface area contributed by atoms with Crippen molar-refractivity contribution in [3.8, 4) is 0 Å². The molecule has 0 aromatic heterocycles. The van der Waals surface area contributed by atoms with Gasteiger partial charge in [-0.15, -0.1) is 0 Å². The predicted molar refractivity (Wildman–Crippen MR) is 44.3 cm³/mol. The summed E-state index contributed by atoms with van der Waals surface area (Å²) in [6.45, 7) is -0.997. The summed E-state index contributed by atoms with van der Waals surface area (Å²) in [5.74, 6) is -1.39. The molecule has 0 unspecified atom stereocenters. The molecule has 0 amide bonds. The van der Waals surface area contributed by atoms with E-state index >= 15 is 0 Å². The van der Waals surface area contributed by atoms with Gasteiger partial charge in [-0.05, 0) is 17.7 Å². The number of halogens is 5. The van der Waals surface area contributed by atoms with E-state index in [1.165, 1.54) is 0 Å². The topological polar surface area (TPSA) is 26.0 Å². The molecule has 1 aromatic rings. The Bertz CT molecular complexity index is 347. The van der Waals surface area contributed by atoms with E-state index in [9.17, 15) is 22.0 Å². The fourth-order valence-electron chi connectivity index (χ4n) is 1.08. The molecule has 15 heavy (non-hydrogen) atoms. The van der Waals surface area contributed by atoms with Crippen LogP contribution in [0.2, 0.25) is 0 Å². The van der Waals surface area contributed by atoms with E-state index in [4.69, 9.17) is 5.73 Å². The maximum Gasteiger partial charge on any atom is 0.419 e. The summed E-state index contributed by atoms with van der Waals surface area (Å²) in [5, 5.41) is 0. The van der Waals surface area contributed by atoms with E-state index in [1.54, 1.807) is 0 Å². The van der Waals surface area contributed by atoms with Crippen molar-refractivity contribution in [3.63, 3.8) is 0 Å². The van der Waals surface area contributed by atoms with Gasteiger partial charge in [0.2, 0.25) is 0 Å². The van der Waals surface area contributed by atoms with Crippen LogP contribution in [0.1, 0.15) is 17.2 Å². The highest BCUT2D eigenvalue weighted by Gasteiger charge is 2.34. The lowest BCUT2D eigenvalue weighted by Crippen LogP contribution is -2.15. The lowest BCUT2D eigenvalue weighted by molar-refractivity contribution is -0.140. The molecular formula is C9H8F5N. The zero-order chi connectivity index (χ0) is 11.6. The van der Waals surface area contributed by atoms with Crippen molar-refractivity contribution in [3.05, 3.63) is 35.1 Å². The molecule has 0 saturated heterocycles. The molecule has 1 aromatic carbocycles. The van der Waals surface area contributed by atoms with Gasteiger partial charge >= 0.3 is 6.18 Å². The summed E-state index contributed by atoms with van der Waals surface area (Å²) in [4.78, 5) is 0. The normalized spacial score (nSPS) is 14.0. The first kappa shape index (κ1) is 11.9. The van der Waals surface area contributed by atoms with Crippen LogP contribution in [0.5, 0.6) is 0 Å². The number of rotatable bonds is 2. The summed E-state index contributed by atoms with van der Waals surface area (Å²) < 4.78 is 61.5. The maximum atomic E-state index is 12.8. The minimum absolute atomic E-state index is 0.0776. The highest BCUT2D eigenvalue weighted by molar-refractivity contribution is 5.29. The summed E-state index contributed by atoms with van der Waals surface area (Å²) in [6.07, 6.45) is -4.80. The predicted octanol–water partition coefficient (Wildman–Crippen LogP) is 2.81. The van der Waals surface area contributed by atoms with Crippen molar-refractivity contribution in [2.75, 3.05) is 6.67 Å². The minimum Gasteiger partial charge on any atom is -0.322 e. The SMILES string of the molecule is N[C@@H](CF)c1ccc(F)c(C(F)(F)F)c1. The van der Waals surface area contributed by atoms with E-state index in [0.29, 0.717) is 12.1 Å². The van der Waals surface area contributed by atoms with Gasteiger partial charge in [0.15, 0.2) is 0 Å². The number of benzene rings is 1. The van der Waals surface area contributed by atoms with E-state index < -0.39 is 30.3 Å². The Balaban J connectivity index is 3.17. The van der Waals surface area contributed by atoms with E-state index in [2.05, 4.69) is 0 Å². The molecule has 0 radical (unpaired) electrons. The first-order valence-electron chi connectivity index (χ1n) is 4.04. The fourth-order valence-corrected chi connectivity index (χ4v) is 1.08. The Kier molecular flexibility index (Phi) is 3.28. The van der Waals surface area contributed by atoms with Crippen LogP contribution in [0, 0.1) is 5.82 Å². The molecule has 0 aliphatic rings. The van der Waals surface area contributed by atoms with Gasteiger partial charge in [0.25, 0.3) is 0 Å². The van der Waals surface area contributed by atoms with E-state index in [0.717, 1.165) is 6.07 Å². The van der Waals surface area contributed by atoms with Gasteiger partial charge in [0.1, 0.15) is 12.5 Å². The molecule has 2 N–H and O–H groups in total. The van der Waals surface area contributed by atoms with Crippen molar-refractivity contribution in [2.24, 2.45) is 5.73 Å². The van der Waals surface area contributed by atoms with Gasteiger partial charge in [-0.3, -0.25) is 0 Å². The zero-order valence-electron chi connectivity index (χ0n) is 7.48. The standard InChI is InChI=1S/C9H8F5N/c10-4-8(15)5-1-2-7(11)6(3-5)9(12,13)14/h1-3,8H,4,15H2/t8-/m0/s1. The first-order valence-corrected chi connectivity index (χ1v) is 4.04. The monoisotopic (exact) mass is 225 g/mol. The lowest BCUT2D eigenvalue weighted by Gasteiger charge is -2.12. The molecule has 0 fully saturated rings. The highest BCUT2D eigenvalue weighted by atomic mass is 19.4. The molecule has 0 bridgehead atoms. The Morgan fingerprint density at radius 2 is 1.87 bits per heavy atom. The molecule has 0 spiro atoms. The second kappa shape index (κ2) is 4.14. The third-order valence-corrected chi connectivity index (χ3v) is 1.89. The maximum absolute atomic E-state index is 12.8. The summed E-state index contributed by atoms with van der Waals surface area (Å²) in [6, 6.07) is 1.04. The van der Waals surface area contributed by atoms with Crippen molar-refractivity contribution < 1.29 is 22.0 Å². The molecule has 0 saturated carbocycles. The average molecular weight is 225 g/mol. The largest absolute Gasteiger partial charge is 0.419 e. The van der Waals surface area contributed by atoms with Crippen molar-refractivity contribution in [1.82, 2.24) is 0 Å². The van der Waals surface area contributed by atoms with Gasteiger partial charge in [-0.2, -0.15) is 13.2 Å². The van der Waals surface area contributed by atoms with Crippen LogP contribution in [-0.4, -0.2) is 6.67 Å². The summed E-state index contributed by atoms with van der Waals surface area (Å²) >= 11 is 0. The molecule has 1 atom stereocenters. The Labute approximate surface area is 82.7 Å². The number of alkyl halides is 4. The van der Waals surface area contributed by atoms with Crippen molar-refractivity contribution in [1.29, 1.82) is 0 Å². The average Bonchev–Trinajstić information content (AvgIpc) is 2.15. The van der Waals surface area contributed by atoms with Crippen LogP contribution in [-0.2, 0) is 6.18 Å². The van der Waals surface area contributed by atoms with Crippen LogP contribution < -0.4 is 5.73 Å². The first-order chi connectivity index (χ1) is 6.86. The Morgan fingerprint density at radius 3 is 2.33 bits per heavy atom. The number of hydrogen-bond donors (Lipinski definition) is 1. The Hall–Kier alpha value is -1.17. The molecule has 1 rings (SSSR count). The van der Waals surface area contributed by atoms with E-state index in [-0.39, 0.29) is 5.56 Å². The van der Waals surface area contributed by atoms with Crippen molar-refractivity contribution in [2.45, 2.75) is 12.2 Å². The Morgan fingerprint density at radius 1 is 1.27 bits per heavy atom. The highest BCUT2D eigenvalue weighted by Crippen LogP contribution is 2.32. The zero-order valence-corrected chi connectivity index (χ0v) is 7.48. The van der Waals surface area contributed by atoms with Gasteiger partial charge in [0, 0.05) is 0 Å². The molecule has 0 heterocycles. The smallest absolute Gasteiger partial charge is 0.322 e. The second-order valence-corrected chi connectivity index (χ2v) is 3.00. The second-order valence-electron chi connectivity index (χ2n) is 3.00. The molecule has 0 aliphatic carbocycles. The van der Waals surface area contributed by atoms with Crippen LogP contribution in [0.4, 0.5) is 22.0 Å². The molecule has 0 aliphatic heterocycles. The van der Waals surface area contributed by atoms with Crippen molar-refractivity contribution >= 4 is 0 Å². The van der Waals surface area contributed by atoms with E-state index in [1.807, 2.05) is 0 Å². The molecule has 6 heteroatoms. The fraction of sp³-hybridized carbons (Fsp3) is 0.333. The van der Waals surface area contributed by atoms with Gasteiger partial charge in [-0.1, -0.05) is 6.07 Å². The van der Waals surface area contributed by atoms with Crippen LogP contribution in [0.3, 0.4) is 0 Å². The quantitative estimate of drug-likeness (QED) is 0.769. The lowest BCUT2D eigenvalue weighted by atomic mass is 10.0. The molecular weight excluding hydrogens is 217 g/mol. The minimum atomic E-state index is -4.80. The third kappa shape index (κ3) is 2.65. The van der Waals surface area contributed by atoms with Gasteiger partial charge < -0.3 is 5.73 Å². The van der Waals surface area contributed by atoms with Gasteiger partial charge in [-0.25, -0.2) is 8.78 Å². The summed E-state index contributed by atoms with van der Waals surface area (Å²) in [7, 11) is 0. The summed E-state index contributed by atoms with van der Waals surface area (Å²) in [5.41, 5.74) is 3.69. The van der Waals surface area contributed by atoms with Crippen LogP contribution in [0.25, 0.3) is 0 Å². The van der Waals surface area contributed by atoms with Crippen LogP contribution >= 0.6 is 0 Å². The third-order valence-electron chi connectivity index (χ3n) is 1.89. The van der Waals surface area contributed by atoms with Gasteiger partial charge in [0.05, 0.1) is 11.6 Å².